The summed E-state index contributed by atoms with van der Waals surface area (Å²) in [4.78, 5) is 20.7. The van der Waals surface area contributed by atoms with E-state index in [1.165, 1.54) is 0 Å². The van der Waals surface area contributed by atoms with Crippen molar-refractivity contribution in [3.05, 3.63) is 53.5 Å². The molecule has 0 fully saturated rings. The number of hydrogen-bond acceptors (Lipinski definition) is 4. The van der Waals surface area contributed by atoms with Gasteiger partial charge in [-0.25, -0.2) is 4.98 Å². The predicted octanol–water partition coefficient (Wildman–Crippen LogP) is 3.93. The molecule has 0 saturated heterocycles. The third-order valence-corrected chi connectivity index (χ3v) is 4.72. The van der Waals surface area contributed by atoms with Crippen LogP contribution in [-0.2, 0) is 4.79 Å². The van der Waals surface area contributed by atoms with E-state index >= 15 is 0 Å². The van der Waals surface area contributed by atoms with Crippen LogP contribution < -0.4 is 5.32 Å². The van der Waals surface area contributed by atoms with E-state index in [1.54, 1.807) is 17.5 Å². The number of carbonyl (C=O) groups excluding carboxylic acids is 1. The minimum Gasteiger partial charge on any atom is -0.325 e. The predicted molar refractivity (Wildman–Crippen MR) is 87.8 cm³/mol. The van der Waals surface area contributed by atoms with E-state index in [1.807, 2.05) is 42.6 Å². The summed E-state index contributed by atoms with van der Waals surface area (Å²) in [6.45, 7) is 1.92. The number of aromatic nitrogens is 2. The molecule has 3 aromatic rings. The van der Waals surface area contributed by atoms with Gasteiger partial charge in [0.15, 0.2) is 0 Å². The summed E-state index contributed by atoms with van der Waals surface area (Å²) in [6, 6.07) is 11.8. The first-order valence-electron chi connectivity index (χ1n) is 7.04. The van der Waals surface area contributed by atoms with Crippen LogP contribution in [0, 0.1) is 0 Å². The average molecular weight is 307 g/mol. The molecule has 5 heteroatoms. The molecular weight excluding hydrogens is 294 g/mol. The van der Waals surface area contributed by atoms with Crippen LogP contribution >= 0.6 is 11.3 Å². The Bertz CT molecular complexity index is 857. The van der Waals surface area contributed by atoms with Crippen LogP contribution in [0.2, 0.25) is 0 Å². The number of nitrogens with zero attached hydrogens (tertiary/aromatic N) is 2. The van der Waals surface area contributed by atoms with Crippen molar-refractivity contribution in [3.63, 3.8) is 0 Å². The fraction of sp³-hybridized carbons (Fsp3) is 0.118. The molecule has 1 aliphatic rings. The molecule has 1 aromatic carbocycles. The molecule has 0 bridgehead atoms. The summed E-state index contributed by atoms with van der Waals surface area (Å²) in [6.07, 6.45) is 1.77. The van der Waals surface area contributed by atoms with Crippen LogP contribution in [0.25, 0.3) is 22.0 Å². The number of carbonyl (C=O) groups is 1. The van der Waals surface area contributed by atoms with Crippen LogP contribution in [-0.4, -0.2) is 15.9 Å². The zero-order chi connectivity index (χ0) is 15.1. The van der Waals surface area contributed by atoms with E-state index in [4.69, 9.17) is 0 Å². The first-order valence-corrected chi connectivity index (χ1v) is 7.92. The summed E-state index contributed by atoms with van der Waals surface area (Å²) >= 11 is 1.58. The van der Waals surface area contributed by atoms with Crippen molar-refractivity contribution in [2.75, 3.05) is 5.32 Å². The summed E-state index contributed by atoms with van der Waals surface area (Å²) < 4.78 is 0. The maximum atomic E-state index is 11.7. The van der Waals surface area contributed by atoms with Crippen molar-refractivity contribution in [1.82, 2.24) is 9.97 Å². The summed E-state index contributed by atoms with van der Waals surface area (Å²) in [5.74, 6) is -0.0524. The Morgan fingerprint density at radius 2 is 2.09 bits per heavy atom. The standard InChI is InChI=1S/C17H13N3OS/c1-10-12-8-11(5-6-13(12)19-16(10)21)15-9-22-17(20-15)14-4-2-3-7-18-14/h2-10H,1H3,(H,19,21). The summed E-state index contributed by atoms with van der Waals surface area (Å²) in [5, 5.41) is 5.82. The van der Waals surface area contributed by atoms with Crippen LogP contribution in [0.4, 0.5) is 5.69 Å². The van der Waals surface area contributed by atoms with Gasteiger partial charge in [-0.15, -0.1) is 11.3 Å². The fourth-order valence-electron chi connectivity index (χ4n) is 2.59. The van der Waals surface area contributed by atoms with Crippen molar-refractivity contribution in [1.29, 1.82) is 0 Å². The van der Waals surface area contributed by atoms with Gasteiger partial charge in [-0.05, 0) is 36.8 Å². The van der Waals surface area contributed by atoms with Crippen molar-refractivity contribution >= 4 is 22.9 Å². The van der Waals surface area contributed by atoms with E-state index in [0.717, 1.165) is 33.2 Å². The second kappa shape index (κ2) is 5.03. The largest absolute Gasteiger partial charge is 0.325 e. The Morgan fingerprint density at radius 1 is 1.18 bits per heavy atom. The fourth-order valence-corrected chi connectivity index (χ4v) is 3.39. The molecule has 1 amide bonds. The molecule has 3 heterocycles. The van der Waals surface area contributed by atoms with Gasteiger partial charge < -0.3 is 5.32 Å². The maximum absolute atomic E-state index is 11.7. The van der Waals surface area contributed by atoms with Crippen molar-refractivity contribution in [2.45, 2.75) is 12.8 Å². The zero-order valence-corrected chi connectivity index (χ0v) is 12.7. The van der Waals surface area contributed by atoms with Gasteiger partial charge >= 0.3 is 0 Å². The van der Waals surface area contributed by atoms with Gasteiger partial charge in [0.1, 0.15) is 5.01 Å². The minimum absolute atomic E-state index is 0.0552. The lowest BCUT2D eigenvalue weighted by molar-refractivity contribution is -0.116. The van der Waals surface area contributed by atoms with Crippen molar-refractivity contribution in [2.24, 2.45) is 0 Å². The molecule has 1 N–H and O–H groups in total. The number of hydrogen-bond donors (Lipinski definition) is 1. The first-order chi connectivity index (χ1) is 10.7. The van der Waals surface area contributed by atoms with E-state index < -0.39 is 0 Å². The van der Waals surface area contributed by atoms with Crippen LogP contribution in [0.1, 0.15) is 18.4 Å². The lowest BCUT2D eigenvalue weighted by atomic mass is 10.00. The van der Waals surface area contributed by atoms with Crippen molar-refractivity contribution < 1.29 is 4.79 Å². The van der Waals surface area contributed by atoms with Crippen molar-refractivity contribution in [3.8, 4) is 22.0 Å². The topological polar surface area (TPSA) is 54.9 Å². The third kappa shape index (κ3) is 2.10. The SMILES string of the molecule is CC1C(=O)Nc2ccc(-c3csc(-c4ccccn4)n3)cc21. The van der Waals surface area contributed by atoms with Crippen LogP contribution in [0.15, 0.2) is 48.0 Å². The molecule has 4 nitrogen and oxygen atoms in total. The summed E-state index contributed by atoms with van der Waals surface area (Å²) in [5.41, 5.74) is 4.77. The average Bonchev–Trinajstić information content (AvgIpc) is 3.14. The molecule has 0 radical (unpaired) electrons. The number of rotatable bonds is 2. The Hall–Kier alpha value is -2.53. The Kier molecular flexibility index (Phi) is 3.01. The lowest BCUT2D eigenvalue weighted by Crippen LogP contribution is -2.08. The molecule has 1 aliphatic heterocycles. The highest BCUT2D eigenvalue weighted by Crippen LogP contribution is 2.36. The van der Waals surface area contributed by atoms with E-state index in [0.29, 0.717) is 0 Å². The normalized spacial score (nSPS) is 16.4. The van der Waals surface area contributed by atoms with Gasteiger partial charge in [-0.2, -0.15) is 0 Å². The van der Waals surface area contributed by atoms with Gasteiger partial charge in [-0.3, -0.25) is 9.78 Å². The van der Waals surface area contributed by atoms with Gasteiger partial charge in [0.25, 0.3) is 0 Å². The quantitative estimate of drug-likeness (QED) is 0.780. The molecule has 1 unspecified atom stereocenters. The smallest absolute Gasteiger partial charge is 0.231 e. The second-order valence-corrected chi connectivity index (χ2v) is 6.12. The Balaban J connectivity index is 1.72. The molecular formula is C17H13N3OS. The molecule has 0 saturated carbocycles. The molecule has 22 heavy (non-hydrogen) atoms. The van der Waals surface area contributed by atoms with E-state index in [-0.39, 0.29) is 11.8 Å². The van der Waals surface area contributed by atoms with E-state index in [2.05, 4.69) is 21.4 Å². The highest BCUT2D eigenvalue weighted by Gasteiger charge is 2.26. The highest BCUT2D eigenvalue weighted by atomic mass is 32.1. The number of benzene rings is 1. The van der Waals surface area contributed by atoms with E-state index in [9.17, 15) is 4.79 Å². The Labute approximate surface area is 131 Å². The second-order valence-electron chi connectivity index (χ2n) is 5.27. The number of fused-ring (bicyclic) bond motifs is 1. The third-order valence-electron chi connectivity index (χ3n) is 3.85. The first kappa shape index (κ1) is 13.2. The highest BCUT2D eigenvalue weighted by molar-refractivity contribution is 7.13. The molecule has 4 rings (SSSR count). The molecule has 0 spiro atoms. The molecule has 1 atom stereocenters. The zero-order valence-electron chi connectivity index (χ0n) is 11.9. The Morgan fingerprint density at radius 3 is 2.91 bits per heavy atom. The van der Waals surface area contributed by atoms with Gasteiger partial charge in [0.2, 0.25) is 5.91 Å². The number of thiazole rings is 1. The maximum Gasteiger partial charge on any atom is 0.231 e. The molecule has 0 aliphatic carbocycles. The molecule has 108 valence electrons. The van der Waals surface area contributed by atoms with Gasteiger partial charge in [0, 0.05) is 22.8 Å². The summed E-state index contributed by atoms with van der Waals surface area (Å²) in [7, 11) is 0. The molecule has 2 aromatic heterocycles. The number of anilines is 1. The lowest BCUT2D eigenvalue weighted by Gasteiger charge is -2.03. The monoisotopic (exact) mass is 307 g/mol. The number of amides is 1. The van der Waals surface area contributed by atoms with Crippen LogP contribution in [0.5, 0.6) is 0 Å². The van der Waals surface area contributed by atoms with Crippen LogP contribution in [0.3, 0.4) is 0 Å². The van der Waals surface area contributed by atoms with Gasteiger partial charge in [-0.1, -0.05) is 12.1 Å². The van der Waals surface area contributed by atoms with Gasteiger partial charge in [0.05, 0.1) is 17.3 Å². The number of pyridine rings is 1. The number of nitrogens with one attached hydrogen (secondary N) is 1. The minimum atomic E-state index is -0.108.